The molecule has 0 fully saturated rings. The predicted octanol–water partition coefficient (Wildman–Crippen LogP) is 4.49. The third kappa shape index (κ3) is 2.88. The number of fused-ring (bicyclic) bond motifs is 1. The van der Waals surface area contributed by atoms with Gasteiger partial charge in [-0.1, -0.05) is 11.6 Å². The Hall–Kier alpha value is -0.890. The fourth-order valence-corrected chi connectivity index (χ4v) is 4.10. The molecule has 2 heterocycles. The highest BCUT2D eigenvalue weighted by Gasteiger charge is 2.23. The molecule has 0 spiro atoms. The molecule has 3 rings (SSSR count). The quantitative estimate of drug-likeness (QED) is 0.685. The smallest absolute Gasteiger partial charge is 0.262 e. The van der Waals surface area contributed by atoms with Crippen molar-refractivity contribution >= 4 is 72.2 Å². The van der Waals surface area contributed by atoms with Gasteiger partial charge in [-0.25, -0.2) is 0 Å². The molecule has 4 nitrogen and oxygen atoms in total. The highest BCUT2D eigenvalue weighted by molar-refractivity contribution is 9.13. The van der Waals surface area contributed by atoms with Crippen LogP contribution >= 0.6 is 54.8 Å². The molecule has 1 amide bonds. The van der Waals surface area contributed by atoms with E-state index < -0.39 is 0 Å². The Labute approximate surface area is 145 Å². The number of amides is 1. The average Bonchev–Trinajstić information content (AvgIpc) is 2.77. The summed E-state index contributed by atoms with van der Waals surface area (Å²) in [5, 5.41) is 2.92. The SMILES string of the molecule is O=C1COc2cc(C(=O)c3cc(Br)c(Br)s3)c(Cl)cc2N1. The van der Waals surface area contributed by atoms with Crippen LogP contribution in [0.4, 0.5) is 5.69 Å². The van der Waals surface area contributed by atoms with Gasteiger partial charge in [-0.05, 0) is 50.1 Å². The zero-order valence-corrected chi connectivity index (χ0v) is 15.0. The van der Waals surface area contributed by atoms with Gasteiger partial charge in [0.2, 0.25) is 5.78 Å². The molecule has 0 saturated heterocycles. The highest BCUT2D eigenvalue weighted by atomic mass is 79.9. The minimum atomic E-state index is -0.247. The summed E-state index contributed by atoms with van der Waals surface area (Å²) in [7, 11) is 0. The standard InChI is InChI=1S/C13H6Br2ClNO3S/c14-6-2-10(21-13(6)15)12(19)5-1-9-8(3-7(5)16)17-11(18)4-20-9/h1-3H,4H2,(H,17,18). The van der Waals surface area contributed by atoms with Crippen molar-refractivity contribution in [2.75, 3.05) is 11.9 Å². The van der Waals surface area contributed by atoms with E-state index in [2.05, 4.69) is 37.2 Å². The molecule has 0 bridgehead atoms. The summed E-state index contributed by atoms with van der Waals surface area (Å²) >= 11 is 14.2. The van der Waals surface area contributed by atoms with Crippen molar-refractivity contribution in [2.45, 2.75) is 0 Å². The number of benzene rings is 1. The summed E-state index contributed by atoms with van der Waals surface area (Å²) in [5.41, 5.74) is 0.814. The topological polar surface area (TPSA) is 55.4 Å². The van der Waals surface area contributed by atoms with Crippen molar-refractivity contribution in [3.8, 4) is 5.75 Å². The summed E-state index contributed by atoms with van der Waals surface area (Å²) in [6, 6.07) is 4.81. The van der Waals surface area contributed by atoms with Crippen LogP contribution in [-0.4, -0.2) is 18.3 Å². The number of ether oxygens (including phenoxy) is 1. The Morgan fingerprint density at radius 2 is 2.10 bits per heavy atom. The minimum absolute atomic E-state index is 0.0711. The van der Waals surface area contributed by atoms with Gasteiger partial charge in [-0.15, -0.1) is 11.3 Å². The number of thiophene rings is 1. The van der Waals surface area contributed by atoms with Gasteiger partial charge in [0.25, 0.3) is 5.91 Å². The molecule has 21 heavy (non-hydrogen) atoms. The number of nitrogens with one attached hydrogen (secondary N) is 1. The molecule has 0 unspecified atom stereocenters. The lowest BCUT2D eigenvalue weighted by atomic mass is 10.1. The molecule has 1 aliphatic heterocycles. The molecular weight excluding hydrogens is 445 g/mol. The molecule has 0 aliphatic carbocycles. The van der Waals surface area contributed by atoms with Gasteiger partial charge < -0.3 is 10.1 Å². The summed E-state index contributed by atoms with van der Waals surface area (Å²) in [4.78, 5) is 24.3. The van der Waals surface area contributed by atoms with E-state index in [1.54, 1.807) is 12.1 Å². The average molecular weight is 452 g/mol. The van der Waals surface area contributed by atoms with E-state index in [9.17, 15) is 9.59 Å². The van der Waals surface area contributed by atoms with Crippen molar-refractivity contribution in [1.82, 2.24) is 0 Å². The normalized spacial score (nSPS) is 13.4. The van der Waals surface area contributed by atoms with Gasteiger partial charge in [0.1, 0.15) is 5.75 Å². The lowest BCUT2D eigenvalue weighted by molar-refractivity contribution is -0.118. The Kier molecular flexibility index (Phi) is 4.09. The Balaban J connectivity index is 2.02. The fraction of sp³-hybridized carbons (Fsp3) is 0.0769. The van der Waals surface area contributed by atoms with E-state index >= 15 is 0 Å². The minimum Gasteiger partial charge on any atom is -0.482 e. The molecule has 1 aromatic carbocycles. The molecule has 8 heteroatoms. The molecule has 0 radical (unpaired) electrons. The van der Waals surface area contributed by atoms with Crippen molar-refractivity contribution in [3.05, 3.63) is 41.9 Å². The maximum absolute atomic E-state index is 12.5. The van der Waals surface area contributed by atoms with Gasteiger partial charge in [-0.3, -0.25) is 9.59 Å². The van der Waals surface area contributed by atoms with Crippen LogP contribution in [0.5, 0.6) is 5.75 Å². The third-order valence-electron chi connectivity index (χ3n) is 2.82. The maximum Gasteiger partial charge on any atom is 0.262 e. The third-order valence-corrected chi connectivity index (χ3v) is 6.38. The monoisotopic (exact) mass is 449 g/mol. The molecule has 1 aliphatic rings. The fourth-order valence-electron chi connectivity index (χ4n) is 1.87. The van der Waals surface area contributed by atoms with Crippen LogP contribution < -0.4 is 10.1 Å². The zero-order chi connectivity index (χ0) is 15.1. The molecule has 2 aromatic rings. The Morgan fingerprint density at radius 1 is 1.33 bits per heavy atom. The van der Waals surface area contributed by atoms with Crippen molar-refractivity contribution in [3.63, 3.8) is 0 Å². The molecule has 0 saturated carbocycles. The lowest BCUT2D eigenvalue weighted by Gasteiger charge is -2.19. The molecule has 1 N–H and O–H groups in total. The first-order valence-corrected chi connectivity index (χ1v) is 8.49. The Bertz CT molecular complexity index is 756. The van der Waals surface area contributed by atoms with Crippen molar-refractivity contribution in [1.29, 1.82) is 0 Å². The number of halogens is 3. The summed E-state index contributed by atoms with van der Waals surface area (Å²) < 4.78 is 6.96. The largest absolute Gasteiger partial charge is 0.482 e. The second kappa shape index (κ2) is 5.72. The first-order chi connectivity index (χ1) is 9.95. The maximum atomic E-state index is 12.5. The van der Waals surface area contributed by atoms with Crippen LogP contribution in [0, 0.1) is 0 Å². The van der Waals surface area contributed by atoms with Crippen molar-refractivity contribution in [2.24, 2.45) is 0 Å². The number of hydrogen-bond donors (Lipinski definition) is 1. The first kappa shape index (κ1) is 15.0. The predicted molar refractivity (Wildman–Crippen MR) is 88.7 cm³/mol. The van der Waals surface area contributed by atoms with Crippen LogP contribution in [-0.2, 0) is 4.79 Å². The molecule has 108 valence electrons. The lowest BCUT2D eigenvalue weighted by Crippen LogP contribution is -2.25. The molecule has 1 aromatic heterocycles. The second-order valence-electron chi connectivity index (χ2n) is 4.23. The number of hydrogen-bond acceptors (Lipinski definition) is 4. The van der Waals surface area contributed by atoms with E-state index in [0.29, 0.717) is 21.9 Å². The van der Waals surface area contributed by atoms with Crippen LogP contribution in [0.15, 0.2) is 26.5 Å². The first-order valence-electron chi connectivity index (χ1n) is 5.71. The van der Waals surface area contributed by atoms with E-state index in [-0.39, 0.29) is 23.3 Å². The highest BCUT2D eigenvalue weighted by Crippen LogP contribution is 2.37. The number of ketones is 1. The van der Waals surface area contributed by atoms with Crippen LogP contribution in [0.3, 0.4) is 0 Å². The zero-order valence-electron chi connectivity index (χ0n) is 10.2. The number of carbonyl (C=O) groups excluding carboxylic acids is 2. The van der Waals surface area contributed by atoms with Gasteiger partial charge in [0.05, 0.1) is 19.4 Å². The van der Waals surface area contributed by atoms with Crippen molar-refractivity contribution < 1.29 is 14.3 Å². The van der Waals surface area contributed by atoms with Crippen LogP contribution in [0.2, 0.25) is 5.02 Å². The van der Waals surface area contributed by atoms with Crippen LogP contribution in [0.1, 0.15) is 15.2 Å². The van der Waals surface area contributed by atoms with Gasteiger partial charge in [0.15, 0.2) is 6.61 Å². The summed E-state index contributed by atoms with van der Waals surface area (Å²) in [5.74, 6) is 0.000462. The summed E-state index contributed by atoms with van der Waals surface area (Å²) in [6.07, 6.45) is 0. The van der Waals surface area contributed by atoms with Gasteiger partial charge >= 0.3 is 0 Å². The molecule has 0 atom stereocenters. The number of carbonyl (C=O) groups is 2. The Morgan fingerprint density at radius 3 is 2.76 bits per heavy atom. The van der Waals surface area contributed by atoms with Gasteiger partial charge in [-0.2, -0.15) is 0 Å². The molecular formula is C13H6Br2ClNO3S. The van der Waals surface area contributed by atoms with E-state index in [4.69, 9.17) is 16.3 Å². The summed E-state index contributed by atoms with van der Waals surface area (Å²) in [6.45, 7) is -0.0711. The number of anilines is 1. The van der Waals surface area contributed by atoms with Gasteiger partial charge in [0, 0.05) is 10.0 Å². The van der Waals surface area contributed by atoms with E-state index in [1.165, 1.54) is 17.4 Å². The number of rotatable bonds is 2. The second-order valence-corrected chi connectivity index (χ2v) is 7.86. The van der Waals surface area contributed by atoms with E-state index in [0.717, 1.165) is 8.26 Å². The van der Waals surface area contributed by atoms with Crippen LogP contribution in [0.25, 0.3) is 0 Å². The van der Waals surface area contributed by atoms with E-state index in [1.807, 2.05) is 0 Å².